The fourth-order valence-corrected chi connectivity index (χ4v) is 5.74. The number of benzene rings is 1. The lowest BCUT2D eigenvalue weighted by atomic mass is 10.1. The van der Waals surface area contributed by atoms with Gasteiger partial charge in [0.25, 0.3) is 0 Å². The van der Waals surface area contributed by atoms with Gasteiger partial charge in [0.05, 0.1) is 29.8 Å². The molecule has 0 saturated carbocycles. The normalized spacial score (nSPS) is 19.4. The topological polar surface area (TPSA) is 84.3 Å². The van der Waals surface area contributed by atoms with E-state index in [1.54, 1.807) is 22.9 Å². The van der Waals surface area contributed by atoms with Crippen LogP contribution in [0.1, 0.15) is 36.7 Å². The van der Waals surface area contributed by atoms with Gasteiger partial charge < -0.3 is 5.32 Å². The Kier molecular flexibility index (Phi) is 6.57. The van der Waals surface area contributed by atoms with Crippen molar-refractivity contribution in [2.75, 3.05) is 30.4 Å². The van der Waals surface area contributed by atoms with Crippen molar-refractivity contribution in [3.05, 3.63) is 45.6 Å². The molecule has 1 amide bonds. The summed E-state index contributed by atoms with van der Waals surface area (Å²) in [5.74, 6) is 0.487. The quantitative estimate of drug-likeness (QED) is 0.715. The van der Waals surface area contributed by atoms with Crippen LogP contribution in [0.15, 0.2) is 24.3 Å². The molecule has 1 aliphatic heterocycles. The number of nitrogens with one attached hydrogen (secondary N) is 1. The van der Waals surface area contributed by atoms with Crippen LogP contribution in [0.3, 0.4) is 0 Å². The second kappa shape index (κ2) is 8.63. The molecular weight excluding hydrogens is 435 g/mol. The fraction of sp³-hybridized carbons (Fsp3) is 0.474. The van der Waals surface area contributed by atoms with Crippen molar-refractivity contribution < 1.29 is 13.2 Å². The molecule has 1 N–H and O–H groups in total. The first kappa shape index (κ1) is 22.1. The standard InChI is InChI=1S/C19H24Cl2N4O3S/c1-12-8-18(25(23-12)15-6-7-29(27,28)11-15)22-19(26)10-24(3)13(2)16-5-4-14(20)9-17(16)21/h4-5,8-9,13,15H,6-7,10-11H2,1-3H3,(H,22,26). The molecular formula is C19H24Cl2N4O3S. The molecule has 0 radical (unpaired) electrons. The second-order valence-electron chi connectivity index (χ2n) is 7.48. The third-order valence-corrected chi connectivity index (χ3v) is 7.46. The molecule has 1 aliphatic rings. The monoisotopic (exact) mass is 458 g/mol. The number of likely N-dealkylation sites (N-methyl/N-ethyl adjacent to an activating group) is 1. The predicted octanol–water partition coefficient (Wildman–Crippen LogP) is 3.49. The Morgan fingerprint density at radius 2 is 2.10 bits per heavy atom. The number of carbonyl (C=O) groups is 1. The van der Waals surface area contributed by atoms with Crippen LogP contribution in [-0.4, -0.2) is 54.1 Å². The zero-order valence-electron chi connectivity index (χ0n) is 16.5. The maximum absolute atomic E-state index is 12.6. The van der Waals surface area contributed by atoms with Gasteiger partial charge in [-0.15, -0.1) is 0 Å². The smallest absolute Gasteiger partial charge is 0.239 e. The summed E-state index contributed by atoms with van der Waals surface area (Å²) in [6, 6.07) is 6.69. The highest BCUT2D eigenvalue weighted by Crippen LogP contribution is 2.29. The molecule has 3 rings (SSSR count). The molecule has 0 aliphatic carbocycles. The minimum Gasteiger partial charge on any atom is -0.310 e. The van der Waals surface area contributed by atoms with Crippen molar-refractivity contribution >= 4 is 44.8 Å². The molecule has 1 aromatic heterocycles. The number of aryl methyl sites for hydroxylation is 1. The van der Waals surface area contributed by atoms with E-state index in [-0.39, 0.29) is 36.0 Å². The highest BCUT2D eigenvalue weighted by Gasteiger charge is 2.31. The van der Waals surface area contributed by atoms with E-state index >= 15 is 0 Å². The Bertz CT molecular complexity index is 1020. The first-order valence-corrected chi connectivity index (χ1v) is 11.8. The number of rotatable bonds is 6. The van der Waals surface area contributed by atoms with Gasteiger partial charge in [-0.1, -0.05) is 29.3 Å². The highest BCUT2D eigenvalue weighted by molar-refractivity contribution is 7.91. The van der Waals surface area contributed by atoms with Crippen LogP contribution >= 0.6 is 23.2 Å². The van der Waals surface area contributed by atoms with Crippen LogP contribution in [-0.2, 0) is 14.6 Å². The molecule has 2 atom stereocenters. The van der Waals surface area contributed by atoms with E-state index in [2.05, 4.69) is 10.4 Å². The Morgan fingerprint density at radius 1 is 1.38 bits per heavy atom. The summed E-state index contributed by atoms with van der Waals surface area (Å²) in [4.78, 5) is 14.5. The van der Waals surface area contributed by atoms with Gasteiger partial charge in [0.1, 0.15) is 5.82 Å². The van der Waals surface area contributed by atoms with E-state index in [4.69, 9.17) is 23.2 Å². The van der Waals surface area contributed by atoms with Crippen LogP contribution in [0.25, 0.3) is 0 Å². The molecule has 0 spiro atoms. The van der Waals surface area contributed by atoms with Gasteiger partial charge in [0.2, 0.25) is 5.91 Å². The lowest BCUT2D eigenvalue weighted by molar-refractivity contribution is -0.117. The largest absolute Gasteiger partial charge is 0.310 e. The number of sulfone groups is 1. The van der Waals surface area contributed by atoms with Gasteiger partial charge in [0, 0.05) is 22.2 Å². The molecule has 1 aromatic carbocycles. The van der Waals surface area contributed by atoms with E-state index < -0.39 is 9.84 Å². The van der Waals surface area contributed by atoms with E-state index in [1.165, 1.54) is 0 Å². The molecule has 1 saturated heterocycles. The highest BCUT2D eigenvalue weighted by atomic mass is 35.5. The van der Waals surface area contributed by atoms with Crippen molar-refractivity contribution in [3.63, 3.8) is 0 Å². The van der Waals surface area contributed by atoms with E-state index in [0.717, 1.165) is 11.3 Å². The summed E-state index contributed by atoms with van der Waals surface area (Å²) in [6.45, 7) is 3.90. The van der Waals surface area contributed by atoms with E-state index in [1.807, 2.05) is 31.9 Å². The molecule has 1 fully saturated rings. The number of aromatic nitrogens is 2. The molecule has 10 heteroatoms. The Balaban J connectivity index is 1.68. The maximum atomic E-state index is 12.6. The molecule has 7 nitrogen and oxygen atoms in total. The third kappa shape index (κ3) is 5.31. The third-order valence-electron chi connectivity index (χ3n) is 5.15. The minimum atomic E-state index is -3.05. The molecule has 2 aromatic rings. The van der Waals surface area contributed by atoms with E-state index in [0.29, 0.717) is 22.3 Å². The SMILES string of the molecule is Cc1cc(NC(=O)CN(C)C(C)c2ccc(Cl)cc2Cl)n(C2CCS(=O)(=O)C2)n1. The zero-order chi connectivity index (χ0) is 21.3. The average Bonchev–Trinajstić information content (AvgIpc) is 3.15. The summed E-state index contributed by atoms with van der Waals surface area (Å²) < 4.78 is 25.2. The van der Waals surface area contributed by atoms with Gasteiger partial charge in [-0.25, -0.2) is 13.1 Å². The number of hydrogen-bond acceptors (Lipinski definition) is 5. The van der Waals surface area contributed by atoms with Crippen molar-refractivity contribution in [2.45, 2.75) is 32.4 Å². The van der Waals surface area contributed by atoms with Crippen molar-refractivity contribution in [3.8, 4) is 0 Å². The molecule has 2 unspecified atom stereocenters. The number of anilines is 1. The van der Waals surface area contributed by atoms with Gasteiger partial charge in [-0.2, -0.15) is 5.10 Å². The van der Waals surface area contributed by atoms with Crippen LogP contribution in [0.2, 0.25) is 10.0 Å². The Morgan fingerprint density at radius 3 is 2.72 bits per heavy atom. The average molecular weight is 459 g/mol. The lowest BCUT2D eigenvalue weighted by Crippen LogP contribution is -2.33. The van der Waals surface area contributed by atoms with Gasteiger partial charge in [0.15, 0.2) is 9.84 Å². The van der Waals surface area contributed by atoms with Gasteiger partial charge in [-0.3, -0.25) is 9.69 Å². The van der Waals surface area contributed by atoms with E-state index in [9.17, 15) is 13.2 Å². The minimum absolute atomic E-state index is 0.0446. The van der Waals surface area contributed by atoms with Crippen molar-refractivity contribution in [2.24, 2.45) is 0 Å². The molecule has 29 heavy (non-hydrogen) atoms. The zero-order valence-corrected chi connectivity index (χ0v) is 18.9. The Hall–Kier alpha value is -1.61. The van der Waals surface area contributed by atoms with Crippen molar-refractivity contribution in [1.29, 1.82) is 0 Å². The molecule has 158 valence electrons. The maximum Gasteiger partial charge on any atom is 0.239 e. The van der Waals surface area contributed by atoms with Gasteiger partial charge >= 0.3 is 0 Å². The summed E-state index contributed by atoms with van der Waals surface area (Å²) in [5.41, 5.74) is 1.60. The lowest BCUT2D eigenvalue weighted by Gasteiger charge is -2.25. The van der Waals surface area contributed by atoms with Crippen LogP contribution in [0.4, 0.5) is 5.82 Å². The number of amides is 1. The van der Waals surface area contributed by atoms with Crippen LogP contribution < -0.4 is 5.32 Å². The second-order valence-corrected chi connectivity index (χ2v) is 10.5. The summed E-state index contributed by atoms with van der Waals surface area (Å²) in [5, 5.41) is 8.36. The number of hydrogen-bond donors (Lipinski definition) is 1. The fourth-order valence-electron chi connectivity index (χ4n) is 3.48. The predicted molar refractivity (Wildman–Crippen MR) is 115 cm³/mol. The summed E-state index contributed by atoms with van der Waals surface area (Å²) >= 11 is 12.2. The molecule has 2 heterocycles. The van der Waals surface area contributed by atoms with Crippen molar-refractivity contribution in [1.82, 2.24) is 14.7 Å². The number of nitrogens with zero attached hydrogens (tertiary/aromatic N) is 3. The number of halogens is 2. The summed E-state index contributed by atoms with van der Waals surface area (Å²) in [7, 11) is -1.22. The summed E-state index contributed by atoms with van der Waals surface area (Å²) in [6.07, 6.45) is 0.498. The van der Waals surface area contributed by atoms with Gasteiger partial charge in [-0.05, 0) is 45.0 Å². The molecule has 0 bridgehead atoms. The van der Waals surface area contributed by atoms with Crippen LogP contribution in [0, 0.1) is 6.92 Å². The van der Waals surface area contributed by atoms with Crippen LogP contribution in [0.5, 0.6) is 0 Å². The Labute approximate surface area is 180 Å². The first-order chi connectivity index (χ1) is 13.6. The first-order valence-electron chi connectivity index (χ1n) is 9.27. The number of carbonyl (C=O) groups excluding carboxylic acids is 1.